The van der Waals surface area contributed by atoms with E-state index in [1.807, 2.05) is 42.2 Å². The van der Waals surface area contributed by atoms with Crippen molar-refractivity contribution >= 4 is 11.9 Å². The standard InChI is InChI=1S/C17H24N2O3/c1-12(15(18)13-6-4-3-5-7-13)16(20)19-10-8-14(9-11-19)17(21)22-2/h3-7,12,14-15H,8-11,18H2,1-2H3. The summed E-state index contributed by atoms with van der Waals surface area (Å²) in [4.78, 5) is 25.9. The number of hydrogen-bond acceptors (Lipinski definition) is 4. The molecule has 2 N–H and O–H groups in total. The van der Waals surface area contributed by atoms with E-state index in [4.69, 9.17) is 10.5 Å². The fraction of sp³-hybridized carbons (Fsp3) is 0.529. The van der Waals surface area contributed by atoms with Gasteiger partial charge in [-0.25, -0.2) is 0 Å². The maximum absolute atomic E-state index is 12.6. The fourth-order valence-corrected chi connectivity index (χ4v) is 2.91. The SMILES string of the molecule is COC(=O)C1CCN(C(=O)C(C)C(N)c2ccccc2)CC1. The number of ether oxygens (including phenoxy) is 1. The van der Waals surface area contributed by atoms with Gasteiger partial charge in [0.25, 0.3) is 0 Å². The molecular weight excluding hydrogens is 280 g/mol. The van der Waals surface area contributed by atoms with Crippen LogP contribution in [0.2, 0.25) is 0 Å². The van der Waals surface area contributed by atoms with Gasteiger partial charge in [-0.3, -0.25) is 9.59 Å². The topological polar surface area (TPSA) is 72.6 Å². The zero-order chi connectivity index (χ0) is 16.1. The number of benzene rings is 1. The molecule has 2 atom stereocenters. The normalized spacial score (nSPS) is 18.6. The van der Waals surface area contributed by atoms with Crippen LogP contribution in [0.5, 0.6) is 0 Å². The third-order valence-electron chi connectivity index (χ3n) is 4.45. The second kappa shape index (κ2) is 7.40. The Kier molecular flexibility index (Phi) is 5.55. The van der Waals surface area contributed by atoms with Gasteiger partial charge in [-0.1, -0.05) is 37.3 Å². The molecule has 1 heterocycles. The van der Waals surface area contributed by atoms with Crippen LogP contribution in [0.25, 0.3) is 0 Å². The molecule has 1 aromatic rings. The average Bonchev–Trinajstić information content (AvgIpc) is 2.60. The molecule has 0 bridgehead atoms. The molecule has 2 rings (SSSR count). The molecule has 0 radical (unpaired) electrons. The first-order chi connectivity index (χ1) is 10.5. The number of hydrogen-bond donors (Lipinski definition) is 1. The predicted octanol–water partition coefficient (Wildman–Crippen LogP) is 1.73. The summed E-state index contributed by atoms with van der Waals surface area (Å²) >= 11 is 0. The van der Waals surface area contributed by atoms with Crippen LogP contribution in [0.1, 0.15) is 31.4 Å². The van der Waals surface area contributed by atoms with Gasteiger partial charge in [0.2, 0.25) is 5.91 Å². The average molecular weight is 304 g/mol. The highest BCUT2D eigenvalue weighted by Crippen LogP contribution is 2.24. The molecule has 5 nitrogen and oxygen atoms in total. The fourth-order valence-electron chi connectivity index (χ4n) is 2.91. The number of nitrogens with two attached hydrogens (primary N) is 1. The lowest BCUT2D eigenvalue weighted by atomic mass is 9.92. The molecule has 0 aliphatic carbocycles. The van der Waals surface area contributed by atoms with E-state index >= 15 is 0 Å². The van der Waals surface area contributed by atoms with Crippen LogP contribution < -0.4 is 5.73 Å². The monoisotopic (exact) mass is 304 g/mol. The molecule has 120 valence electrons. The van der Waals surface area contributed by atoms with Gasteiger partial charge in [-0.05, 0) is 18.4 Å². The first-order valence-electron chi connectivity index (χ1n) is 7.71. The highest BCUT2D eigenvalue weighted by atomic mass is 16.5. The van der Waals surface area contributed by atoms with E-state index in [0.29, 0.717) is 25.9 Å². The Morgan fingerprint density at radius 3 is 2.36 bits per heavy atom. The predicted molar refractivity (Wildman–Crippen MR) is 83.9 cm³/mol. The van der Waals surface area contributed by atoms with Gasteiger partial charge in [0.05, 0.1) is 18.9 Å². The lowest BCUT2D eigenvalue weighted by molar-refractivity contribution is -0.149. The van der Waals surface area contributed by atoms with Gasteiger partial charge >= 0.3 is 5.97 Å². The Balaban J connectivity index is 1.93. The van der Waals surface area contributed by atoms with Gasteiger partial charge in [-0.2, -0.15) is 0 Å². The number of methoxy groups -OCH3 is 1. The van der Waals surface area contributed by atoms with Crippen LogP contribution in [0.4, 0.5) is 0 Å². The van der Waals surface area contributed by atoms with E-state index in [2.05, 4.69) is 0 Å². The van der Waals surface area contributed by atoms with Crippen molar-refractivity contribution in [3.8, 4) is 0 Å². The highest BCUT2D eigenvalue weighted by molar-refractivity contribution is 5.80. The molecule has 5 heteroatoms. The van der Waals surface area contributed by atoms with Gasteiger partial charge in [0.15, 0.2) is 0 Å². The number of rotatable bonds is 4. The number of piperidine rings is 1. The third kappa shape index (κ3) is 3.65. The molecular formula is C17H24N2O3. The van der Waals surface area contributed by atoms with Crippen molar-refractivity contribution < 1.29 is 14.3 Å². The zero-order valence-electron chi connectivity index (χ0n) is 13.2. The number of amides is 1. The molecule has 22 heavy (non-hydrogen) atoms. The summed E-state index contributed by atoms with van der Waals surface area (Å²) in [6, 6.07) is 9.35. The van der Waals surface area contributed by atoms with Gasteiger partial charge in [-0.15, -0.1) is 0 Å². The zero-order valence-corrected chi connectivity index (χ0v) is 13.2. The minimum absolute atomic E-state index is 0.0552. The number of carbonyl (C=O) groups excluding carboxylic acids is 2. The van der Waals surface area contributed by atoms with Gasteiger partial charge in [0, 0.05) is 19.1 Å². The van der Waals surface area contributed by atoms with E-state index in [0.717, 1.165) is 5.56 Å². The molecule has 0 aromatic heterocycles. The summed E-state index contributed by atoms with van der Waals surface area (Å²) in [5.74, 6) is -0.495. The van der Waals surface area contributed by atoms with Crippen molar-refractivity contribution in [2.24, 2.45) is 17.6 Å². The minimum atomic E-state index is -0.313. The molecule has 2 unspecified atom stereocenters. The van der Waals surface area contributed by atoms with Crippen LogP contribution >= 0.6 is 0 Å². The maximum atomic E-state index is 12.6. The van der Waals surface area contributed by atoms with Gasteiger partial charge in [0.1, 0.15) is 0 Å². The number of carbonyl (C=O) groups is 2. The van der Waals surface area contributed by atoms with Crippen molar-refractivity contribution in [1.82, 2.24) is 4.90 Å². The van der Waals surface area contributed by atoms with Gasteiger partial charge < -0.3 is 15.4 Å². The molecule has 1 aromatic carbocycles. The van der Waals surface area contributed by atoms with Crippen molar-refractivity contribution in [2.75, 3.05) is 20.2 Å². The second-order valence-electron chi connectivity index (χ2n) is 5.85. The van der Waals surface area contributed by atoms with Crippen molar-refractivity contribution in [2.45, 2.75) is 25.8 Å². The maximum Gasteiger partial charge on any atom is 0.308 e. The molecule has 1 aliphatic heterocycles. The van der Waals surface area contributed by atoms with E-state index in [-0.39, 0.29) is 29.8 Å². The van der Waals surface area contributed by atoms with Crippen molar-refractivity contribution in [3.05, 3.63) is 35.9 Å². The largest absolute Gasteiger partial charge is 0.469 e. The molecule has 0 spiro atoms. The Hall–Kier alpha value is -1.88. The quantitative estimate of drug-likeness (QED) is 0.860. The summed E-state index contributed by atoms with van der Waals surface area (Å²) in [7, 11) is 1.40. The molecule has 1 saturated heterocycles. The molecule has 1 fully saturated rings. The Bertz CT molecular complexity index is 510. The van der Waals surface area contributed by atoms with Crippen LogP contribution in [0.3, 0.4) is 0 Å². The summed E-state index contributed by atoms with van der Waals surface area (Å²) in [6.07, 6.45) is 1.32. The highest BCUT2D eigenvalue weighted by Gasteiger charge is 2.31. The van der Waals surface area contributed by atoms with E-state index < -0.39 is 0 Å². The summed E-state index contributed by atoms with van der Waals surface area (Å²) in [5.41, 5.74) is 7.19. The van der Waals surface area contributed by atoms with E-state index in [1.165, 1.54) is 7.11 Å². The summed E-state index contributed by atoms with van der Waals surface area (Å²) in [5, 5.41) is 0. The first kappa shape index (κ1) is 16.5. The Morgan fingerprint density at radius 1 is 1.23 bits per heavy atom. The van der Waals surface area contributed by atoms with Crippen LogP contribution in [-0.4, -0.2) is 37.0 Å². The van der Waals surface area contributed by atoms with Crippen molar-refractivity contribution in [3.63, 3.8) is 0 Å². The number of nitrogens with zero attached hydrogens (tertiary/aromatic N) is 1. The van der Waals surface area contributed by atoms with Crippen molar-refractivity contribution in [1.29, 1.82) is 0 Å². The van der Waals surface area contributed by atoms with Crippen LogP contribution in [0, 0.1) is 11.8 Å². The van der Waals surface area contributed by atoms with Crippen LogP contribution in [0.15, 0.2) is 30.3 Å². The smallest absolute Gasteiger partial charge is 0.308 e. The Morgan fingerprint density at radius 2 is 1.82 bits per heavy atom. The molecule has 0 saturated carbocycles. The number of likely N-dealkylation sites (tertiary alicyclic amines) is 1. The lowest BCUT2D eigenvalue weighted by Gasteiger charge is -2.33. The number of esters is 1. The molecule has 1 aliphatic rings. The summed E-state index contributed by atoms with van der Waals surface area (Å²) < 4.78 is 4.77. The first-order valence-corrected chi connectivity index (χ1v) is 7.71. The lowest BCUT2D eigenvalue weighted by Crippen LogP contribution is -2.44. The molecule has 1 amide bonds. The third-order valence-corrected chi connectivity index (χ3v) is 4.45. The Labute approximate surface area is 131 Å². The van der Waals surface area contributed by atoms with E-state index in [1.54, 1.807) is 0 Å². The second-order valence-corrected chi connectivity index (χ2v) is 5.85. The summed E-state index contributed by atoms with van der Waals surface area (Å²) in [6.45, 7) is 3.04. The minimum Gasteiger partial charge on any atom is -0.469 e. The van der Waals surface area contributed by atoms with Crippen LogP contribution in [-0.2, 0) is 14.3 Å². The van der Waals surface area contributed by atoms with E-state index in [9.17, 15) is 9.59 Å².